The lowest BCUT2D eigenvalue weighted by molar-refractivity contribution is 0.157. The van der Waals surface area contributed by atoms with E-state index in [2.05, 4.69) is 30.0 Å². The first-order valence-electron chi connectivity index (χ1n) is 6.10. The second-order valence-electron chi connectivity index (χ2n) is 5.47. The number of terminal acetylenes is 1. The summed E-state index contributed by atoms with van der Waals surface area (Å²) >= 11 is 0. The van der Waals surface area contributed by atoms with Gasteiger partial charge in [0.15, 0.2) is 0 Å². The highest BCUT2D eigenvalue weighted by Crippen LogP contribution is 2.27. The van der Waals surface area contributed by atoms with Gasteiger partial charge in [0.25, 0.3) is 0 Å². The molecule has 2 rings (SSSR count). The fourth-order valence-corrected chi connectivity index (χ4v) is 2.91. The molecule has 0 saturated carbocycles. The third-order valence-electron chi connectivity index (χ3n) is 3.75. The quantitative estimate of drug-likeness (QED) is 0.691. The Morgan fingerprint density at radius 2 is 2.13 bits per heavy atom. The molecule has 84 valence electrons. The van der Waals surface area contributed by atoms with Crippen molar-refractivity contribution in [3.63, 3.8) is 0 Å². The van der Waals surface area contributed by atoms with Gasteiger partial charge in [-0.25, -0.2) is 0 Å². The molecule has 2 unspecified atom stereocenters. The van der Waals surface area contributed by atoms with Crippen molar-refractivity contribution in [3.8, 4) is 12.3 Å². The van der Waals surface area contributed by atoms with Crippen LogP contribution in [0.15, 0.2) is 0 Å². The third-order valence-corrected chi connectivity index (χ3v) is 3.75. The van der Waals surface area contributed by atoms with E-state index in [9.17, 15) is 0 Å². The molecule has 2 aliphatic heterocycles. The average molecular weight is 206 g/mol. The zero-order chi connectivity index (χ0) is 10.9. The van der Waals surface area contributed by atoms with E-state index >= 15 is 0 Å². The summed E-state index contributed by atoms with van der Waals surface area (Å²) < 4.78 is 0. The summed E-state index contributed by atoms with van der Waals surface area (Å²) in [7, 11) is 0. The van der Waals surface area contributed by atoms with Crippen molar-refractivity contribution in [2.45, 2.75) is 57.2 Å². The van der Waals surface area contributed by atoms with E-state index in [1.807, 2.05) is 0 Å². The Kier molecular flexibility index (Phi) is 3.04. The highest BCUT2D eigenvalue weighted by molar-refractivity contribution is 5.09. The van der Waals surface area contributed by atoms with E-state index in [0.717, 1.165) is 6.04 Å². The lowest BCUT2D eigenvalue weighted by Gasteiger charge is -2.38. The van der Waals surface area contributed by atoms with Crippen LogP contribution in [0, 0.1) is 12.3 Å². The molecule has 0 aromatic rings. The van der Waals surface area contributed by atoms with Crippen molar-refractivity contribution < 1.29 is 0 Å². The Labute approximate surface area is 93.4 Å². The van der Waals surface area contributed by atoms with Gasteiger partial charge in [-0.15, -0.1) is 6.42 Å². The molecule has 2 saturated heterocycles. The summed E-state index contributed by atoms with van der Waals surface area (Å²) in [5.74, 6) is 2.82. The lowest BCUT2D eigenvalue weighted by Crippen LogP contribution is -2.51. The molecule has 15 heavy (non-hydrogen) atoms. The Hall–Kier alpha value is -0.520. The van der Waals surface area contributed by atoms with Crippen LogP contribution in [-0.2, 0) is 0 Å². The van der Waals surface area contributed by atoms with Gasteiger partial charge in [-0.05, 0) is 52.6 Å². The number of hydrogen-bond acceptors (Lipinski definition) is 2. The molecular weight excluding hydrogens is 184 g/mol. The smallest absolute Gasteiger partial charge is 0.0743 e. The predicted octanol–water partition coefficient (Wildman–Crippen LogP) is 1.61. The minimum Gasteiger partial charge on any atom is -0.300 e. The van der Waals surface area contributed by atoms with E-state index in [1.165, 1.54) is 38.8 Å². The van der Waals surface area contributed by atoms with Gasteiger partial charge in [0.05, 0.1) is 5.54 Å². The second-order valence-corrected chi connectivity index (χ2v) is 5.47. The SMILES string of the molecule is C#CC(C)(C)NC1CCN2CCCC2C1. The number of fused-ring (bicyclic) bond motifs is 1. The average Bonchev–Trinajstić information content (AvgIpc) is 2.64. The van der Waals surface area contributed by atoms with E-state index in [-0.39, 0.29) is 5.54 Å². The zero-order valence-corrected chi connectivity index (χ0v) is 9.92. The summed E-state index contributed by atoms with van der Waals surface area (Å²) in [6.07, 6.45) is 10.8. The van der Waals surface area contributed by atoms with Gasteiger partial charge in [-0.3, -0.25) is 5.32 Å². The van der Waals surface area contributed by atoms with Gasteiger partial charge < -0.3 is 4.90 Å². The van der Waals surface area contributed by atoms with Crippen molar-refractivity contribution in [1.82, 2.24) is 10.2 Å². The summed E-state index contributed by atoms with van der Waals surface area (Å²) in [6.45, 7) is 6.75. The minimum atomic E-state index is -0.147. The summed E-state index contributed by atoms with van der Waals surface area (Å²) in [5.41, 5.74) is -0.147. The maximum atomic E-state index is 5.51. The number of piperidine rings is 1. The molecule has 2 nitrogen and oxygen atoms in total. The minimum absolute atomic E-state index is 0.147. The fourth-order valence-electron chi connectivity index (χ4n) is 2.91. The Morgan fingerprint density at radius 3 is 2.87 bits per heavy atom. The highest BCUT2D eigenvalue weighted by Gasteiger charge is 2.33. The van der Waals surface area contributed by atoms with Gasteiger partial charge in [-0.1, -0.05) is 5.92 Å². The predicted molar refractivity (Wildman–Crippen MR) is 63.7 cm³/mol. The first-order valence-corrected chi connectivity index (χ1v) is 6.10. The molecule has 2 fully saturated rings. The second kappa shape index (κ2) is 4.15. The van der Waals surface area contributed by atoms with Crippen LogP contribution in [0.25, 0.3) is 0 Å². The molecule has 0 radical (unpaired) electrons. The number of nitrogens with zero attached hydrogens (tertiary/aromatic N) is 1. The molecule has 0 aliphatic carbocycles. The lowest BCUT2D eigenvalue weighted by atomic mass is 9.94. The number of rotatable bonds is 2. The highest BCUT2D eigenvalue weighted by atomic mass is 15.2. The molecule has 0 spiro atoms. The van der Waals surface area contributed by atoms with Crippen LogP contribution in [-0.4, -0.2) is 35.6 Å². The molecule has 0 bridgehead atoms. The molecule has 2 heteroatoms. The maximum absolute atomic E-state index is 5.51. The van der Waals surface area contributed by atoms with Crippen molar-refractivity contribution in [3.05, 3.63) is 0 Å². The molecule has 0 aromatic heterocycles. The maximum Gasteiger partial charge on any atom is 0.0743 e. The molecule has 0 amide bonds. The van der Waals surface area contributed by atoms with Crippen molar-refractivity contribution in [1.29, 1.82) is 0 Å². The molecule has 0 aromatic carbocycles. The van der Waals surface area contributed by atoms with E-state index < -0.39 is 0 Å². The number of nitrogens with one attached hydrogen (secondary N) is 1. The van der Waals surface area contributed by atoms with Crippen LogP contribution in [0.1, 0.15) is 39.5 Å². The monoisotopic (exact) mass is 206 g/mol. The van der Waals surface area contributed by atoms with Crippen LogP contribution in [0.3, 0.4) is 0 Å². The van der Waals surface area contributed by atoms with E-state index in [4.69, 9.17) is 6.42 Å². The molecule has 2 heterocycles. The standard InChI is InChI=1S/C13H22N2/c1-4-13(2,3)14-11-7-9-15-8-5-6-12(15)10-11/h1,11-12,14H,5-10H2,2-3H3. The Morgan fingerprint density at radius 1 is 1.33 bits per heavy atom. The topological polar surface area (TPSA) is 15.3 Å². The van der Waals surface area contributed by atoms with Gasteiger partial charge in [0, 0.05) is 12.1 Å². The number of hydrogen-bond donors (Lipinski definition) is 1. The van der Waals surface area contributed by atoms with Gasteiger partial charge in [-0.2, -0.15) is 0 Å². The van der Waals surface area contributed by atoms with Crippen molar-refractivity contribution in [2.75, 3.05) is 13.1 Å². The van der Waals surface area contributed by atoms with Gasteiger partial charge in [0.2, 0.25) is 0 Å². The Balaban J connectivity index is 1.88. The molecular formula is C13H22N2. The van der Waals surface area contributed by atoms with Crippen LogP contribution in [0.2, 0.25) is 0 Å². The van der Waals surface area contributed by atoms with Crippen molar-refractivity contribution in [2.24, 2.45) is 0 Å². The fraction of sp³-hybridized carbons (Fsp3) is 0.846. The normalized spacial score (nSPS) is 32.3. The Bertz CT molecular complexity index is 264. The van der Waals surface area contributed by atoms with Crippen LogP contribution in [0.4, 0.5) is 0 Å². The van der Waals surface area contributed by atoms with Crippen LogP contribution in [0.5, 0.6) is 0 Å². The third kappa shape index (κ3) is 2.53. The first-order chi connectivity index (χ1) is 7.11. The summed E-state index contributed by atoms with van der Waals surface area (Å²) in [4.78, 5) is 2.64. The van der Waals surface area contributed by atoms with Gasteiger partial charge in [0.1, 0.15) is 0 Å². The van der Waals surface area contributed by atoms with Gasteiger partial charge >= 0.3 is 0 Å². The summed E-state index contributed by atoms with van der Waals surface area (Å²) in [6, 6.07) is 1.44. The van der Waals surface area contributed by atoms with E-state index in [0.29, 0.717) is 6.04 Å². The zero-order valence-electron chi connectivity index (χ0n) is 9.92. The molecule has 2 aliphatic rings. The first kappa shape index (κ1) is 11.0. The molecule has 2 atom stereocenters. The summed E-state index contributed by atoms with van der Waals surface area (Å²) in [5, 5.41) is 3.59. The molecule has 1 N–H and O–H groups in total. The van der Waals surface area contributed by atoms with Crippen LogP contribution >= 0.6 is 0 Å². The van der Waals surface area contributed by atoms with Crippen LogP contribution < -0.4 is 5.32 Å². The van der Waals surface area contributed by atoms with Crippen molar-refractivity contribution >= 4 is 0 Å². The van der Waals surface area contributed by atoms with E-state index in [1.54, 1.807) is 0 Å². The largest absolute Gasteiger partial charge is 0.300 e.